The summed E-state index contributed by atoms with van der Waals surface area (Å²) in [5.41, 5.74) is 1.04. The van der Waals surface area contributed by atoms with Crippen LogP contribution in [0.15, 0.2) is 18.3 Å². The summed E-state index contributed by atoms with van der Waals surface area (Å²) >= 11 is 0. The summed E-state index contributed by atoms with van der Waals surface area (Å²) in [5.74, 6) is -0.349. The molecule has 1 aliphatic carbocycles. The third-order valence-electron chi connectivity index (χ3n) is 3.91. The lowest BCUT2D eigenvalue weighted by Gasteiger charge is -2.38. The van der Waals surface area contributed by atoms with Crippen LogP contribution in [0.4, 0.5) is 0 Å². The van der Waals surface area contributed by atoms with Crippen LogP contribution in [0.5, 0.6) is 0 Å². The SMILES string of the molecule is CC1CC(OCc2cccnc2C(=O)O)CC(C)(C)C1. The molecule has 1 saturated carbocycles. The van der Waals surface area contributed by atoms with Gasteiger partial charge in [0.25, 0.3) is 0 Å². The minimum atomic E-state index is -0.999. The summed E-state index contributed by atoms with van der Waals surface area (Å²) in [5, 5.41) is 9.11. The molecule has 0 aromatic carbocycles. The highest BCUT2D eigenvalue weighted by molar-refractivity contribution is 5.86. The molecule has 2 rings (SSSR count). The molecule has 0 bridgehead atoms. The topological polar surface area (TPSA) is 59.4 Å². The summed E-state index contributed by atoms with van der Waals surface area (Å²) < 4.78 is 5.96. The van der Waals surface area contributed by atoms with Crippen LogP contribution in [-0.4, -0.2) is 22.2 Å². The predicted molar refractivity (Wildman–Crippen MR) is 76.6 cm³/mol. The molecule has 1 heterocycles. The van der Waals surface area contributed by atoms with Crippen molar-refractivity contribution in [1.82, 2.24) is 4.98 Å². The Hall–Kier alpha value is -1.42. The molecular weight excluding hydrogens is 254 g/mol. The van der Waals surface area contributed by atoms with E-state index in [0.717, 1.165) is 12.8 Å². The molecular formula is C16H23NO3. The average Bonchev–Trinajstić information content (AvgIpc) is 2.34. The largest absolute Gasteiger partial charge is 0.477 e. The Morgan fingerprint density at radius 2 is 2.25 bits per heavy atom. The smallest absolute Gasteiger partial charge is 0.354 e. The van der Waals surface area contributed by atoms with Gasteiger partial charge in [0.2, 0.25) is 0 Å². The fraction of sp³-hybridized carbons (Fsp3) is 0.625. The Morgan fingerprint density at radius 3 is 2.90 bits per heavy atom. The van der Waals surface area contributed by atoms with E-state index in [4.69, 9.17) is 9.84 Å². The van der Waals surface area contributed by atoms with Crippen molar-refractivity contribution in [2.24, 2.45) is 11.3 Å². The van der Waals surface area contributed by atoms with Gasteiger partial charge in [0.1, 0.15) is 0 Å². The first kappa shape index (κ1) is 15.0. The fourth-order valence-corrected chi connectivity index (χ4v) is 3.34. The van der Waals surface area contributed by atoms with Crippen molar-refractivity contribution >= 4 is 5.97 Å². The second-order valence-electron chi connectivity index (χ2n) is 6.66. The molecule has 0 spiro atoms. The molecule has 1 aromatic rings. The van der Waals surface area contributed by atoms with Crippen molar-refractivity contribution in [2.45, 2.75) is 52.7 Å². The Balaban J connectivity index is 2.00. The quantitative estimate of drug-likeness (QED) is 0.915. The van der Waals surface area contributed by atoms with Gasteiger partial charge in [-0.15, -0.1) is 0 Å². The maximum Gasteiger partial charge on any atom is 0.354 e. The van der Waals surface area contributed by atoms with Gasteiger partial charge >= 0.3 is 5.97 Å². The van der Waals surface area contributed by atoms with Crippen LogP contribution in [0.1, 0.15) is 56.1 Å². The number of nitrogens with zero attached hydrogens (tertiary/aromatic N) is 1. The number of hydrogen-bond donors (Lipinski definition) is 1. The van der Waals surface area contributed by atoms with Crippen molar-refractivity contribution in [1.29, 1.82) is 0 Å². The minimum absolute atomic E-state index is 0.0932. The molecule has 110 valence electrons. The highest BCUT2D eigenvalue weighted by atomic mass is 16.5. The summed E-state index contributed by atoms with van der Waals surface area (Å²) in [4.78, 5) is 15.0. The van der Waals surface area contributed by atoms with Crippen molar-refractivity contribution in [3.63, 3.8) is 0 Å². The zero-order valence-electron chi connectivity index (χ0n) is 12.4. The van der Waals surface area contributed by atoms with Crippen molar-refractivity contribution < 1.29 is 14.6 Å². The molecule has 1 fully saturated rings. The molecule has 0 aliphatic heterocycles. The van der Waals surface area contributed by atoms with Gasteiger partial charge in [-0.2, -0.15) is 0 Å². The lowest BCUT2D eigenvalue weighted by Crippen LogP contribution is -2.32. The number of aromatic carboxylic acids is 1. The third-order valence-corrected chi connectivity index (χ3v) is 3.91. The Labute approximate surface area is 120 Å². The van der Waals surface area contributed by atoms with E-state index in [2.05, 4.69) is 25.8 Å². The van der Waals surface area contributed by atoms with Gasteiger partial charge in [0, 0.05) is 11.8 Å². The molecule has 1 aromatic heterocycles. The molecule has 4 heteroatoms. The van der Waals surface area contributed by atoms with E-state index < -0.39 is 5.97 Å². The number of ether oxygens (including phenoxy) is 1. The van der Waals surface area contributed by atoms with Gasteiger partial charge in [-0.05, 0) is 36.7 Å². The molecule has 2 unspecified atom stereocenters. The van der Waals surface area contributed by atoms with Gasteiger partial charge in [-0.1, -0.05) is 26.8 Å². The second-order valence-corrected chi connectivity index (χ2v) is 6.66. The molecule has 2 atom stereocenters. The number of carboxylic acids is 1. The van der Waals surface area contributed by atoms with Crippen LogP contribution < -0.4 is 0 Å². The molecule has 1 N–H and O–H groups in total. The highest BCUT2D eigenvalue weighted by Gasteiger charge is 2.32. The molecule has 0 amide bonds. The fourth-order valence-electron chi connectivity index (χ4n) is 3.34. The average molecular weight is 277 g/mol. The van der Waals surface area contributed by atoms with Crippen molar-refractivity contribution in [2.75, 3.05) is 0 Å². The number of hydrogen-bond acceptors (Lipinski definition) is 3. The second kappa shape index (κ2) is 5.92. The van der Waals surface area contributed by atoms with E-state index >= 15 is 0 Å². The number of carbonyl (C=O) groups is 1. The first-order chi connectivity index (χ1) is 9.37. The number of pyridine rings is 1. The van der Waals surface area contributed by atoms with Gasteiger partial charge < -0.3 is 9.84 Å². The van der Waals surface area contributed by atoms with Crippen LogP contribution in [0.2, 0.25) is 0 Å². The third kappa shape index (κ3) is 3.79. The molecule has 1 aliphatic rings. The predicted octanol–water partition coefficient (Wildman–Crippen LogP) is 3.51. The number of carboxylic acid groups (broad SMARTS) is 1. The maximum absolute atomic E-state index is 11.1. The van der Waals surface area contributed by atoms with Gasteiger partial charge in [0.15, 0.2) is 5.69 Å². The summed E-state index contributed by atoms with van der Waals surface area (Å²) in [6, 6.07) is 3.52. The maximum atomic E-state index is 11.1. The van der Waals surface area contributed by atoms with E-state index in [9.17, 15) is 4.79 Å². The summed E-state index contributed by atoms with van der Waals surface area (Å²) in [6.45, 7) is 7.12. The summed E-state index contributed by atoms with van der Waals surface area (Å²) in [7, 11) is 0. The van der Waals surface area contributed by atoms with Crippen molar-refractivity contribution in [3.8, 4) is 0 Å². The lowest BCUT2D eigenvalue weighted by atomic mass is 9.71. The molecule has 20 heavy (non-hydrogen) atoms. The molecule has 4 nitrogen and oxygen atoms in total. The standard InChI is InChI=1S/C16H23NO3/c1-11-7-13(9-16(2,3)8-11)20-10-12-5-4-6-17-14(12)15(18)19/h4-6,11,13H,7-10H2,1-3H3,(H,18,19). The van der Waals surface area contributed by atoms with Gasteiger partial charge in [-0.25, -0.2) is 9.78 Å². The zero-order chi connectivity index (χ0) is 14.8. The van der Waals surface area contributed by atoms with Crippen LogP contribution in [0.25, 0.3) is 0 Å². The van der Waals surface area contributed by atoms with E-state index in [0.29, 0.717) is 23.5 Å². The minimum Gasteiger partial charge on any atom is -0.477 e. The van der Waals surface area contributed by atoms with E-state index in [1.54, 1.807) is 12.1 Å². The first-order valence-corrected chi connectivity index (χ1v) is 7.16. The Morgan fingerprint density at radius 1 is 1.50 bits per heavy atom. The highest BCUT2D eigenvalue weighted by Crippen LogP contribution is 2.39. The van der Waals surface area contributed by atoms with Crippen LogP contribution in [-0.2, 0) is 11.3 Å². The first-order valence-electron chi connectivity index (χ1n) is 7.16. The van der Waals surface area contributed by atoms with Gasteiger partial charge in [0.05, 0.1) is 12.7 Å². The number of aromatic nitrogens is 1. The lowest BCUT2D eigenvalue weighted by molar-refractivity contribution is -0.0320. The van der Waals surface area contributed by atoms with Gasteiger partial charge in [-0.3, -0.25) is 0 Å². The number of rotatable bonds is 4. The normalized spacial score (nSPS) is 25.4. The molecule has 0 saturated heterocycles. The Bertz CT molecular complexity index is 484. The zero-order valence-corrected chi connectivity index (χ0v) is 12.4. The van der Waals surface area contributed by atoms with Crippen LogP contribution in [0.3, 0.4) is 0 Å². The monoisotopic (exact) mass is 277 g/mol. The van der Waals surface area contributed by atoms with Crippen molar-refractivity contribution in [3.05, 3.63) is 29.6 Å². The van der Waals surface area contributed by atoms with Crippen LogP contribution >= 0.6 is 0 Å². The van der Waals surface area contributed by atoms with E-state index in [1.807, 2.05) is 0 Å². The summed E-state index contributed by atoms with van der Waals surface area (Å²) in [6.07, 6.45) is 5.00. The van der Waals surface area contributed by atoms with E-state index in [1.165, 1.54) is 12.6 Å². The Kier molecular flexibility index (Phi) is 4.43. The van der Waals surface area contributed by atoms with Crippen LogP contribution in [0, 0.1) is 11.3 Å². The van der Waals surface area contributed by atoms with E-state index in [-0.39, 0.29) is 11.8 Å². The molecule has 0 radical (unpaired) electrons.